The summed E-state index contributed by atoms with van der Waals surface area (Å²) in [7, 11) is 2.60. The monoisotopic (exact) mass is 342 g/mol. The standard InChI is InChI=1S/C16H26N2O6/c1-23-13(19)6-8-17-15(21)11-4-3-5-12(10-11)16(22)18-9-7-14(20)24-2/h11-12H,3-10H2,1-2H3,(H,17,21)(H,18,22). The van der Waals surface area contributed by atoms with Crippen LogP contribution in [-0.4, -0.2) is 51.1 Å². The fraction of sp³-hybridized carbons (Fsp3) is 0.750. The molecule has 1 aliphatic carbocycles. The van der Waals surface area contributed by atoms with Crippen molar-refractivity contribution in [3.05, 3.63) is 0 Å². The smallest absolute Gasteiger partial charge is 0.307 e. The molecule has 0 saturated heterocycles. The maximum atomic E-state index is 12.1. The van der Waals surface area contributed by atoms with E-state index in [1.807, 2.05) is 0 Å². The molecule has 1 aliphatic rings. The second-order valence-electron chi connectivity index (χ2n) is 5.79. The van der Waals surface area contributed by atoms with E-state index in [0.29, 0.717) is 6.42 Å². The molecule has 2 amide bonds. The Morgan fingerprint density at radius 3 is 1.62 bits per heavy atom. The van der Waals surface area contributed by atoms with Crippen LogP contribution in [0.2, 0.25) is 0 Å². The molecule has 1 fully saturated rings. The van der Waals surface area contributed by atoms with Crippen LogP contribution >= 0.6 is 0 Å². The molecule has 2 N–H and O–H groups in total. The van der Waals surface area contributed by atoms with E-state index in [2.05, 4.69) is 20.1 Å². The number of amides is 2. The van der Waals surface area contributed by atoms with Crippen molar-refractivity contribution in [1.82, 2.24) is 10.6 Å². The van der Waals surface area contributed by atoms with Crippen LogP contribution in [0.25, 0.3) is 0 Å². The molecule has 8 nitrogen and oxygen atoms in total. The maximum Gasteiger partial charge on any atom is 0.307 e. The second kappa shape index (κ2) is 10.6. The average Bonchev–Trinajstić information content (AvgIpc) is 2.61. The highest BCUT2D eigenvalue weighted by molar-refractivity contribution is 5.83. The van der Waals surface area contributed by atoms with Crippen LogP contribution in [0.15, 0.2) is 0 Å². The van der Waals surface area contributed by atoms with Gasteiger partial charge in [-0.3, -0.25) is 19.2 Å². The van der Waals surface area contributed by atoms with Crippen molar-refractivity contribution < 1.29 is 28.7 Å². The Bertz CT molecular complexity index is 425. The summed E-state index contributed by atoms with van der Waals surface area (Å²) in [5.41, 5.74) is 0. The molecule has 2 unspecified atom stereocenters. The molecule has 0 bridgehead atoms. The summed E-state index contributed by atoms with van der Waals surface area (Å²) in [5.74, 6) is -1.47. The van der Waals surface area contributed by atoms with Crippen molar-refractivity contribution in [3.63, 3.8) is 0 Å². The molecule has 0 aromatic rings. The summed E-state index contributed by atoms with van der Waals surface area (Å²) in [6, 6.07) is 0. The third kappa shape index (κ3) is 6.97. The van der Waals surface area contributed by atoms with E-state index in [1.54, 1.807) is 0 Å². The van der Waals surface area contributed by atoms with E-state index in [1.165, 1.54) is 14.2 Å². The largest absolute Gasteiger partial charge is 0.469 e. The Labute approximate surface area is 141 Å². The van der Waals surface area contributed by atoms with Crippen molar-refractivity contribution in [1.29, 1.82) is 0 Å². The van der Waals surface area contributed by atoms with Crippen LogP contribution in [-0.2, 0) is 28.7 Å². The number of hydrogen-bond donors (Lipinski definition) is 2. The van der Waals surface area contributed by atoms with Gasteiger partial charge in [0.05, 0.1) is 27.1 Å². The fourth-order valence-corrected chi connectivity index (χ4v) is 2.73. The number of esters is 2. The van der Waals surface area contributed by atoms with Gasteiger partial charge in [-0.15, -0.1) is 0 Å². The van der Waals surface area contributed by atoms with Crippen molar-refractivity contribution in [2.24, 2.45) is 11.8 Å². The molecule has 2 atom stereocenters. The fourth-order valence-electron chi connectivity index (χ4n) is 2.73. The summed E-state index contributed by atoms with van der Waals surface area (Å²) in [4.78, 5) is 46.3. The lowest BCUT2D eigenvalue weighted by Crippen LogP contribution is -2.39. The van der Waals surface area contributed by atoms with Gasteiger partial charge in [0.1, 0.15) is 0 Å². The lowest BCUT2D eigenvalue weighted by atomic mass is 9.80. The van der Waals surface area contributed by atoms with Crippen molar-refractivity contribution >= 4 is 23.8 Å². The van der Waals surface area contributed by atoms with E-state index in [0.717, 1.165) is 19.3 Å². The summed E-state index contributed by atoms with van der Waals surface area (Å²) in [6.07, 6.45) is 3.00. The van der Waals surface area contributed by atoms with E-state index >= 15 is 0 Å². The minimum absolute atomic E-state index is 0.131. The van der Waals surface area contributed by atoms with E-state index in [4.69, 9.17) is 0 Å². The first-order valence-electron chi connectivity index (χ1n) is 8.17. The lowest BCUT2D eigenvalue weighted by molar-refractivity contribution is -0.141. The number of hydrogen-bond acceptors (Lipinski definition) is 6. The Kier molecular flexibility index (Phi) is 8.81. The first-order chi connectivity index (χ1) is 11.5. The summed E-state index contributed by atoms with van der Waals surface area (Å²) < 4.78 is 9.02. The normalized spacial score (nSPS) is 19.9. The van der Waals surface area contributed by atoms with Gasteiger partial charge < -0.3 is 20.1 Å². The van der Waals surface area contributed by atoms with Gasteiger partial charge in [0.2, 0.25) is 11.8 Å². The van der Waals surface area contributed by atoms with Crippen LogP contribution in [0.3, 0.4) is 0 Å². The molecule has 0 radical (unpaired) electrons. The van der Waals surface area contributed by atoms with Crippen LogP contribution in [0.1, 0.15) is 38.5 Å². The van der Waals surface area contributed by atoms with E-state index in [9.17, 15) is 19.2 Å². The van der Waals surface area contributed by atoms with Gasteiger partial charge in [-0.1, -0.05) is 6.42 Å². The van der Waals surface area contributed by atoms with Crippen molar-refractivity contribution in [3.8, 4) is 0 Å². The summed E-state index contributed by atoms with van der Waals surface area (Å²) in [6.45, 7) is 0.468. The average molecular weight is 342 g/mol. The quantitative estimate of drug-likeness (QED) is 0.608. The number of carbonyl (C=O) groups excluding carboxylic acids is 4. The van der Waals surface area contributed by atoms with E-state index < -0.39 is 0 Å². The van der Waals surface area contributed by atoms with Gasteiger partial charge >= 0.3 is 11.9 Å². The third-order valence-corrected chi connectivity index (χ3v) is 4.13. The molecule has 8 heteroatoms. The molecule has 0 aromatic heterocycles. The van der Waals surface area contributed by atoms with E-state index in [-0.39, 0.29) is 61.5 Å². The minimum atomic E-state index is -0.373. The zero-order chi connectivity index (χ0) is 17.9. The first-order valence-corrected chi connectivity index (χ1v) is 8.17. The van der Waals surface area contributed by atoms with Crippen LogP contribution < -0.4 is 10.6 Å². The van der Waals surface area contributed by atoms with Gasteiger partial charge in [0.15, 0.2) is 0 Å². The lowest BCUT2D eigenvalue weighted by Gasteiger charge is -2.27. The zero-order valence-corrected chi connectivity index (χ0v) is 14.3. The number of rotatable bonds is 8. The Morgan fingerprint density at radius 1 is 0.833 bits per heavy atom. The zero-order valence-electron chi connectivity index (χ0n) is 14.3. The topological polar surface area (TPSA) is 111 Å². The van der Waals surface area contributed by atoms with Crippen LogP contribution in [0.5, 0.6) is 0 Å². The summed E-state index contributed by atoms with van der Waals surface area (Å²) >= 11 is 0. The molecule has 0 spiro atoms. The van der Waals surface area contributed by atoms with Gasteiger partial charge in [0, 0.05) is 24.9 Å². The van der Waals surface area contributed by atoms with Gasteiger partial charge in [-0.2, -0.15) is 0 Å². The number of ether oxygens (including phenoxy) is 2. The molecule has 136 valence electrons. The highest BCUT2D eigenvalue weighted by atomic mass is 16.5. The molecule has 24 heavy (non-hydrogen) atoms. The van der Waals surface area contributed by atoms with Gasteiger partial charge in [-0.25, -0.2) is 0 Å². The predicted octanol–water partition coefficient (Wildman–Crippen LogP) is 0.151. The Morgan fingerprint density at radius 2 is 1.25 bits per heavy atom. The van der Waals surface area contributed by atoms with Crippen LogP contribution in [0, 0.1) is 11.8 Å². The Balaban J connectivity index is 2.34. The molecular formula is C16H26N2O6. The third-order valence-electron chi connectivity index (χ3n) is 4.13. The molecule has 1 saturated carbocycles. The molecule has 0 heterocycles. The maximum absolute atomic E-state index is 12.1. The van der Waals surface area contributed by atoms with Gasteiger partial charge in [0.25, 0.3) is 0 Å². The van der Waals surface area contributed by atoms with Gasteiger partial charge in [-0.05, 0) is 19.3 Å². The Hall–Kier alpha value is -2.12. The highest BCUT2D eigenvalue weighted by Gasteiger charge is 2.31. The molecule has 0 aliphatic heterocycles. The highest BCUT2D eigenvalue weighted by Crippen LogP contribution is 2.29. The van der Waals surface area contributed by atoms with Crippen molar-refractivity contribution in [2.45, 2.75) is 38.5 Å². The molecule has 1 rings (SSSR count). The number of nitrogens with one attached hydrogen (secondary N) is 2. The number of methoxy groups -OCH3 is 2. The SMILES string of the molecule is COC(=O)CCNC(=O)C1CCCC(C(=O)NCCC(=O)OC)C1. The van der Waals surface area contributed by atoms with Crippen molar-refractivity contribution in [2.75, 3.05) is 27.3 Å². The second-order valence-corrected chi connectivity index (χ2v) is 5.79. The summed E-state index contributed by atoms with van der Waals surface area (Å²) in [5, 5.41) is 5.42. The minimum Gasteiger partial charge on any atom is -0.469 e. The predicted molar refractivity (Wildman–Crippen MR) is 84.7 cm³/mol. The number of carbonyl (C=O) groups is 4. The van der Waals surface area contributed by atoms with Crippen LogP contribution in [0.4, 0.5) is 0 Å². The molecular weight excluding hydrogens is 316 g/mol. The molecule has 0 aromatic carbocycles. The first kappa shape index (κ1) is 19.9.